The van der Waals surface area contributed by atoms with Crippen molar-refractivity contribution in [2.75, 3.05) is 13.1 Å². The highest BCUT2D eigenvalue weighted by molar-refractivity contribution is 9.10. The summed E-state index contributed by atoms with van der Waals surface area (Å²) < 4.78 is 21.6. The maximum absolute atomic E-state index is 14.1. The van der Waals surface area contributed by atoms with Crippen LogP contribution in [0.4, 0.5) is 9.18 Å². The van der Waals surface area contributed by atoms with Crippen LogP contribution in [-0.2, 0) is 4.74 Å². The van der Waals surface area contributed by atoms with Crippen molar-refractivity contribution in [1.82, 2.24) is 14.3 Å². The van der Waals surface area contributed by atoms with Crippen LogP contribution < -0.4 is 0 Å². The van der Waals surface area contributed by atoms with Gasteiger partial charge in [0.15, 0.2) is 11.5 Å². The van der Waals surface area contributed by atoms with Gasteiger partial charge in [-0.05, 0) is 55.6 Å². The molecule has 1 saturated heterocycles. The summed E-state index contributed by atoms with van der Waals surface area (Å²) in [5.41, 5.74) is 0.393. The second-order valence-corrected chi connectivity index (χ2v) is 8.50. The number of nitrogens with zero attached hydrogens (tertiary/aromatic N) is 3. The van der Waals surface area contributed by atoms with E-state index >= 15 is 0 Å². The lowest BCUT2D eigenvalue weighted by atomic mass is 9.94. The second kappa shape index (κ2) is 6.76. The second-order valence-electron chi connectivity index (χ2n) is 7.23. The molecule has 2 aromatic heterocycles. The minimum absolute atomic E-state index is 0.0873. The van der Waals surface area contributed by atoms with Crippen LogP contribution in [0.3, 0.4) is 0 Å². The molecule has 1 fully saturated rings. The predicted molar refractivity (Wildman–Crippen MR) is 97.6 cm³/mol. The number of carbonyl (C=O) groups is 1. The lowest BCUT2D eigenvalue weighted by Crippen LogP contribution is -2.41. The van der Waals surface area contributed by atoms with Gasteiger partial charge in [0.2, 0.25) is 0 Å². The molecule has 1 amide bonds. The Morgan fingerprint density at radius 2 is 2.04 bits per heavy atom. The van der Waals surface area contributed by atoms with Gasteiger partial charge >= 0.3 is 6.09 Å². The number of carbonyl (C=O) groups excluding carboxylic acids is 1. The fourth-order valence-electron chi connectivity index (χ4n) is 2.98. The quantitative estimate of drug-likeness (QED) is 0.637. The molecule has 0 spiro atoms. The highest BCUT2D eigenvalue weighted by atomic mass is 79.9. The Morgan fingerprint density at radius 1 is 1.40 bits per heavy atom. The van der Waals surface area contributed by atoms with E-state index < -0.39 is 11.4 Å². The summed E-state index contributed by atoms with van der Waals surface area (Å²) >= 11 is 9.69. The number of imidazole rings is 1. The molecule has 0 saturated carbocycles. The summed E-state index contributed by atoms with van der Waals surface area (Å²) in [5.74, 6) is -0.335. The average Bonchev–Trinajstić information content (AvgIpc) is 2.83. The van der Waals surface area contributed by atoms with Crippen LogP contribution in [0.25, 0.3) is 5.65 Å². The average molecular weight is 433 g/mol. The number of amides is 1. The first kappa shape index (κ1) is 18.5. The molecule has 0 bridgehead atoms. The number of piperidine rings is 1. The summed E-state index contributed by atoms with van der Waals surface area (Å²) in [7, 11) is 0. The molecule has 5 nitrogen and oxygen atoms in total. The Morgan fingerprint density at radius 3 is 2.64 bits per heavy atom. The molecule has 0 aromatic carbocycles. The highest BCUT2D eigenvalue weighted by Crippen LogP contribution is 2.34. The third-order valence-corrected chi connectivity index (χ3v) is 4.95. The number of fused-ring (bicyclic) bond motifs is 1. The van der Waals surface area contributed by atoms with E-state index in [9.17, 15) is 9.18 Å². The van der Waals surface area contributed by atoms with Gasteiger partial charge in [-0.1, -0.05) is 11.6 Å². The van der Waals surface area contributed by atoms with Crippen molar-refractivity contribution in [2.24, 2.45) is 0 Å². The Kier molecular flexibility index (Phi) is 4.99. The summed E-state index contributed by atoms with van der Waals surface area (Å²) in [4.78, 5) is 18.3. The topological polar surface area (TPSA) is 46.8 Å². The van der Waals surface area contributed by atoms with E-state index in [4.69, 9.17) is 16.3 Å². The number of ether oxygens (including phenoxy) is 1. The van der Waals surface area contributed by atoms with Crippen molar-refractivity contribution in [3.8, 4) is 0 Å². The Hall–Kier alpha value is -1.34. The molecular formula is C17H20BrClFN3O2. The van der Waals surface area contributed by atoms with Gasteiger partial charge in [-0.2, -0.15) is 0 Å². The number of hydrogen-bond acceptors (Lipinski definition) is 3. The number of likely N-dealkylation sites (tertiary alicyclic amines) is 1. The van der Waals surface area contributed by atoms with Crippen LogP contribution >= 0.6 is 27.5 Å². The van der Waals surface area contributed by atoms with Gasteiger partial charge in [-0.3, -0.25) is 4.40 Å². The van der Waals surface area contributed by atoms with Crippen LogP contribution in [0.2, 0.25) is 5.15 Å². The fourth-order valence-corrected chi connectivity index (χ4v) is 3.72. The van der Waals surface area contributed by atoms with Crippen LogP contribution in [0.15, 0.2) is 16.7 Å². The van der Waals surface area contributed by atoms with E-state index in [-0.39, 0.29) is 17.7 Å². The van der Waals surface area contributed by atoms with E-state index in [0.717, 1.165) is 0 Å². The summed E-state index contributed by atoms with van der Waals surface area (Å²) in [6, 6.07) is 1.37. The van der Waals surface area contributed by atoms with Gasteiger partial charge in [0.25, 0.3) is 0 Å². The normalized spacial score (nSPS) is 16.5. The van der Waals surface area contributed by atoms with Gasteiger partial charge in [-0.15, -0.1) is 0 Å². The number of halogens is 3. The first-order valence-corrected chi connectivity index (χ1v) is 9.33. The number of pyridine rings is 1. The Labute approximate surface area is 159 Å². The summed E-state index contributed by atoms with van der Waals surface area (Å²) in [5, 5.41) is 0.422. The van der Waals surface area contributed by atoms with E-state index in [2.05, 4.69) is 20.9 Å². The molecule has 0 atom stereocenters. The van der Waals surface area contributed by atoms with E-state index in [1.165, 1.54) is 6.07 Å². The zero-order valence-corrected chi connectivity index (χ0v) is 16.7. The highest BCUT2D eigenvalue weighted by Gasteiger charge is 2.30. The lowest BCUT2D eigenvalue weighted by molar-refractivity contribution is 0.0204. The van der Waals surface area contributed by atoms with E-state index in [1.54, 1.807) is 15.5 Å². The van der Waals surface area contributed by atoms with Crippen LogP contribution in [0.5, 0.6) is 0 Å². The van der Waals surface area contributed by atoms with Crippen LogP contribution in [-0.4, -0.2) is 39.1 Å². The van der Waals surface area contributed by atoms with E-state index in [1.807, 2.05) is 20.8 Å². The smallest absolute Gasteiger partial charge is 0.410 e. The fraction of sp³-hybridized carbons (Fsp3) is 0.529. The van der Waals surface area contributed by atoms with E-state index in [0.29, 0.717) is 41.3 Å². The molecule has 0 unspecified atom stereocenters. The van der Waals surface area contributed by atoms with Crippen LogP contribution in [0.1, 0.15) is 45.2 Å². The molecule has 8 heteroatoms. The molecule has 25 heavy (non-hydrogen) atoms. The molecule has 3 rings (SSSR count). The molecule has 136 valence electrons. The monoisotopic (exact) mass is 431 g/mol. The van der Waals surface area contributed by atoms with Crippen molar-refractivity contribution >= 4 is 39.3 Å². The molecule has 0 radical (unpaired) electrons. The number of aromatic nitrogens is 2. The SMILES string of the molecule is CC(C)(C)OC(=O)N1CCC(c2nc3c(F)cc(Br)cn3c2Cl)CC1. The van der Waals surface area contributed by atoms with Crippen molar-refractivity contribution in [3.63, 3.8) is 0 Å². The summed E-state index contributed by atoms with van der Waals surface area (Å²) in [6.07, 6.45) is 2.83. The van der Waals surface area contributed by atoms with Crippen LogP contribution in [0, 0.1) is 5.82 Å². The zero-order chi connectivity index (χ0) is 18.4. The predicted octanol–water partition coefficient (Wildman–Crippen LogP) is 5.00. The first-order chi connectivity index (χ1) is 11.7. The molecule has 3 heterocycles. The minimum Gasteiger partial charge on any atom is -0.444 e. The van der Waals surface area contributed by atoms with Gasteiger partial charge in [0, 0.05) is 29.7 Å². The Balaban J connectivity index is 1.75. The van der Waals surface area contributed by atoms with Crippen molar-refractivity contribution < 1.29 is 13.9 Å². The van der Waals surface area contributed by atoms with Gasteiger partial charge in [-0.25, -0.2) is 14.2 Å². The van der Waals surface area contributed by atoms with Gasteiger partial charge in [0.1, 0.15) is 10.8 Å². The largest absolute Gasteiger partial charge is 0.444 e. The minimum atomic E-state index is -0.510. The molecule has 1 aliphatic heterocycles. The molecular weight excluding hydrogens is 413 g/mol. The lowest BCUT2D eigenvalue weighted by Gasteiger charge is -2.33. The van der Waals surface area contributed by atoms with Gasteiger partial charge < -0.3 is 9.64 Å². The van der Waals surface area contributed by atoms with Crippen molar-refractivity contribution in [2.45, 2.75) is 45.1 Å². The van der Waals surface area contributed by atoms with Crippen molar-refractivity contribution in [3.05, 3.63) is 33.4 Å². The number of hydrogen-bond donors (Lipinski definition) is 0. The zero-order valence-electron chi connectivity index (χ0n) is 14.4. The molecule has 1 aliphatic rings. The standard InChI is InChI=1S/C17H20BrClFN3O2/c1-17(2,3)25-16(24)22-6-4-10(5-7-22)13-14(19)23-9-11(18)8-12(20)15(23)21-13/h8-10H,4-7H2,1-3H3. The molecule has 0 N–H and O–H groups in total. The maximum Gasteiger partial charge on any atom is 0.410 e. The Bertz CT molecular complexity index is 810. The third kappa shape index (κ3) is 3.92. The third-order valence-electron chi connectivity index (χ3n) is 4.14. The molecule has 0 aliphatic carbocycles. The van der Waals surface area contributed by atoms with Gasteiger partial charge in [0.05, 0.1) is 5.69 Å². The summed E-state index contributed by atoms with van der Waals surface area (Å²) in [6.45, 7) is 6.67. The number of rotatable bonds is 1. The first-order valence-electron chi connectivity index (χ1n) is 8.16. The maximum atomic E-state index is 14.1. The van der Waals surface area contributed by atoms with Crippen molar-refractivity contribution in [1.29, 1.82) is 0 Å². The molecule has 2 aromatic rings.